The van der Waals surface area contributed by atoms with E-state index in [1.54, 1.807) is 0 Å². The molecule has 0 unspecified atom stereocenters. The van der Waals surface area contributed by atoms with Crippen LogP contribution in [0.25, 0.3) is 0 Å². The lowest BCUT2D eigenvalue weighted by atomic mass is 10.2. The molecular formula is C18H21N3O3. The van der Waals surface area contributed by atoms with Crippen molar-refractivity contribution in [2.75, 3.05) is 13.1 Å². The van der Waals surface area contributed by atoms with Gasteiger partial charge in [0.25, 0.3) is 0 Å². The third kappa shape index (κ3) is 5.64. The maximum atomic E-state index is 11.8. The maximum Gasteiger partial charge on any atom is 0.315 e. The molecule has 6 nitrogen and oxygen atoms in total. The van der Waals surface area contributed by atoms with Gasteiger partial charge in [0.05, 0.1) is 6.54 Å². The molecule has 2 aromatic carbocycles. The Kier molecular flexibility index (Phi) is 6.64. The van der Waals surface area contributed by atoms with Crippen molar-refractivity contribution in [2.45, 2.75) is 13.5 Å². The predicted molar refractivity (Wildman–Crippen MR) is 91.9 cm³/mol. The van der Waals surface area contributed by atoms with Crippen LogP contribution in [-0.4, -0.2) is 25.0 Å². The van der Waals surface area contributed by atoms with Crippen LogP contribution < -0.4 is 20.7 Å². The molecule has 6 heteroatoms. The van der Waals surface area contributed by atoms with Crippen LogP contribution >= 0.6 is 0 Å². The smallest absolute Gasteiger partial charge is 0.315 e. The van der Waals surface area contributed by atoms with Crippen molar-refractivity contribution < 1.29 is 14.3 Å². The Labute approximate surface area is 141 Å². The van der Waals surface area contributed by atoms with Crippen LogP contribution in [0.15, 0.2) is 54.6 Å². The van der Waals surface area contributed by atoms with Gasteiger partial charge in [0.1, 0.15) is 11.5 Å². The van der Waals surface area contributed by atoms with Gasteiger partial charge < -0.3 is 20.7 Å². The zero-order valence-corrected chi connectivity index (χ0v) is 13.5. The number of hydrogen-bond acceptors (Lipinski definition) is 3. The molecular weight excluding hydrogens is 306 g/mol. The van der Waals surface area contributed by atoms with E-state index in [2.05, 4.69) is 16.0 Å². The van der Waals surface area contributed by atoms with Crippen molar-refractivity contribution in [3.8, 4) is 11.5 Å². The minimum Gasteiger partial charge on any atom is -0.457 e. The average Bonchev–Trinajstić information content (AvgIpc) is 2.60. The number of ether oxygens (including phenoxy) is 1. The van der Waals surface area contributed by atoms with Crippen LogP contribution in [0.5, 0.6) is 11.5 Å². The second-order valence-corrected chi connectivity index (χ2v) is 5.01. The molecule has 0 spiro atoms. The summed E-state index contributed by atoms with van der Waals surface area (Å²) in [6.45, 7) is 2.60. The molecule has 0 aliphatic heterocycles. The fourth-order valence-electron chi connectivity index (χ4n) is 2.02. The molecule has 3 amide bonds. The Morgan fingerprint density at radius 1 is 0.917 bits per heavy atom. The van der Waals surface area contributed by atoms with Crippen molar-refractivity contribution in [3.05, 3.63) is 60.2 Å². The lowest BCUT2D eigenvalue weighted by Gasteiger charge is -2.12. The minimum absolute atomic E-state index is 0.0537. The zero-order chi connectivity index (χ0) is 17.2. The zero-order valence-electron chi connectivity index (χ0n) is 13.5. The highest BCUT2D eigenvalue weighted by atomic mass is 16.5. The molecule has 0 fully saturated rings. The molecule has 0 bridgehead atoms. The highest BCUT2D eigenvalue weighted by Crippen LogP contribution is 2.24. The van der Waals surface area contributed by atoms with Gasteiger partial charge in [0, 0.05) is 18.7 Å². The summed E-state index contributed by atoms with van der Waals surface area (Å²) >= 11 is 0. The number of nitrogens with one attached hydrogen (secondary N) is 3. The van der Waals surface area contributed by atoms with Crippen molar-refractivity contribution in [1.29, 1.82) is 0 Å². The van der Waals surface area contributed by atoms with Crippen LogP contribution in [0.2, 0.25) is 0 Å². The van der Waals surface area contributed by atoms with E-state index in [0.717, 1.165) is 11.3 Å². The fourth-order valence-corrected chi connectivity index (χ4v) is 2.02. The molecule has 0 atom stereocenters. The van der Waals surface area contributed by atoms with Crippen molar-refractivity contribution in [1.82, 2.24) is 16.0 Å². The predicted octanol–water partition coefficient (Wildman–Crippen LogP) is 2.41. The van der Waals surface area contributed by atoms with Gasteiger partial charge in [0.2, 0.25) is 5.91 Å². The third-order valence-corrected chi connectivity index (χ3v) is 3.17. The van der Waals surface area contributed by atoms with Crippen molar-refractivity contribution in [3.63, 3.8) is 0 Å². The third-order valence-electron chi connectivity index (χ3n) is 3.17. The van der Waals surface area contributed by atoms with Crippen molar-refractivity contribution in [2.24, 2.45) is 0 Å². The van der Waals surface area contributed by atoms with E-state index in [1.165, 1.54) is 0 Å². The fraction of sp³-hybridized carbons (Fsp3) is 0.222. The van der Waals surface area contributed by atoms with Gasteiger partial charge in [-0.1, -0.05) is 36.4 Å². The quantitative estimate of drug-likeness (QED) is 0.731. The van der Waals surface area contributed by atoms with Crippen LogP contribution in [0, 0.1) is 0 Å². The molecule has 0 heterocycles. The molecule has 3 N–H and O–H groups in total. The number of urea groups is 1. The lowest BCUT2D eigenvalue weighted by molar-refractivity contribution is -0.119. The Morgan fingerprint density at radius 2 is 1.62 bits per heavy atom. The first-order valence-corrected chi connectivity index (χ1v) is 7.78. The maximum absolute atomic E-state index is 11.8. The topological polar surface area (TPSA) is 79.5 Å². The monoisotopic (exact) mass is 327 g/mol. The molecule has 0 aromatic heterocycles. The number of benzene rings is 2. The van der Waals surface area contributed by atoms with Gasteiger partial charge in [-0.15, -0.1) is 0 Å². The highest BCUT2D eigenvalue weighted by molar-refractivity contribution is 5.83. The normalized spacial score (nSPS) is 9.88. The Hall–Kier alpha value is -3.02. The van der Waals surface area contributed by atoms with E-state index in [1.807, 2.05) is 61.5 Å². The lowest BCUT2D eigenvalue weighted by Crippen LogP contribution is -2.41. The Balaban J connectivity index is 1.88. The summed E-state index contributed by atoms with van der Waals surface area (Å²) in [6.07, 6.45) is 0. The van der Waals surface area contributed by atoms with E-state index in [9.17, 15) is 9.59 Å². The van der Waals surface area contributed by atoms with E-state index in [4.69, 9.17) is 4.74 Å². The summed E-state index contributed by atoms with van der Waals surface area (Å²) in [5.41, 5.74) is 0.842. The molecule has 2 rings (SSSR count). The molecule has 0 radical (unpaired) electrons. The number of para-hydroxylation sites is 2. The minimum atomic E-state index is -0.407. The molecule has 0 aliphatic carbocycles. The second-order valence-electron chi connectivity index (χ2n) is 5.01. The molecule has 126 valence electrons. The Bertz CT molecular complexity index is 674. The van der Waals surface area contributed by atoms with E-state index in [-0.39, 0.29) is 12.5 Å². The van der Waals surface area contributed by atoms with Gasteiger partial charge in [-0.2, -0.15) is 0 Å². The average molecular weight is 327 g/mol. The first-order valence-electron chi connectivity index (χ1n) is 7.78. The summed E-state index contributed by atoms with van der Waals surface area (Å²) in [4.78, 5) is 23.1. The largest absolute Gasteiger partial charge is 0.457 e. The molecule has 24 heavy (non-hydrogen) atoms. The van der Waals surface area contributed by atoms with Gasteiger partial charge in [-0.3, -0.25) is 4.79 Å². The van der Waals surface area contributed by atoms with E-state index < -0.39 is 6.03 Å². The van der Waals surface area contributed by atoms with Crippen LogP contribution in [-0.2, 0) is 11.3 Å². The number of amides is 3. The van der Waals surface area contributed by atoms with Gasteiger partial charge >= 0.3 is 6.03 Å². The number of carbonyl (C=O) groups is 2. The van der Waals surface area contributed by atoms with Crippen molar-refractivity contribution >= 4 is 11.9 Å². The first-order chi connectivity index (χ1) is 11.7. The van der Waals surface area contributed by atoms with Crippen LogP contribution in [0.1, 0.15) is 12.5 Å². The van der Waals surface area contributed by atoms with E-state index in [0.29, 0.717) is 18.8 Å². The number of carbonyl (C=O) groups excluding carboxylic acids is 2. The molecule has 2 aromatic rings. The summed E-state index contributed by atoms with van der Waals surface area (Å²) in [5.74, 6) is 1.18. The summed E-state index contributed by atoms with van der Waals surface area (Å²) < 4.78 is 5.84. The SMILES string of the molecule is CCNC(=O)CNC(=O)NCc1ccccc1Oc1ccccc1. The Morgan fingerprint density at radius 3 is 2.38 bits per heavy atom. The van der Waals surface area contributed by atoms with Crippen LogP contribution in [0.4, 0.5) is 4.79 Å². The summed E-state index contributed by atoms with van der Waals surface area (Å²) in [7, 11) is 0. The van der Waals surface area contributed by atoms with Crippen LogP contribution in [0.3, 0.4) is 0 Å². The standard InChI is InChI=1S/C18H21N3O3/c1-2-19-17(22)13-21-18(23)20-12-14-8-6-7-11-16(14)24-15-9-4-3-5-10-15/h3-11H,2,12-13H2,1H3,(H,19,22)(H2,20,21,23). The number of likely N-dealkylation sites (N-methyl/N-ethyl adjacent to an activating group) is 1. The van der Waals surface area contributed by atoms with Gasteiger partial charge in [-0.05, 0) is 25.1 Å². The van der Waals surface area contributed by atoms with Gasteiger partial charge in [-0.25, -0.2) is 4.79 Å². The second kappa shape index (κ2) is 9.19. The molecule has 0 aliphatic rings. The summed E-state index contributed by atoms with van der Waals surface area (Å²) in [5, 5.41) is 7.83. The number of rotatable bonds is 7. The summed E-state index contributed by atoms with van der Waals surface area (Å²) in [6, 6.07) is 16.5. The van der Waals surface area contributed by atoms with Gasteiger partial charge in [0.15, 0.2) is 0 Å². The first kappa shape index (κ1) is 17.3. The van der Waals surface area contributed by atoms with E-state index >= 15 is 0 Å². The molecule has 0 saturated heterocycles. The molecule has 0 saturated carbocycles. The number of hydrogen-bond donors (Lipinski definition) is 3. The highest BCUT2D eigenvalue weighted by Gasteiger charge is 2.07.